The van der Waals surface area contributed by atoms with Gasteiger partial charge in [0.2, 0.25) is 0 Å². The van der Waals surface area contributed by atoms with Crippen molar-refractivity contribution in [2.75, 3.05) is 40.5 Å². The Balaban J connectivity index is 1.89. The zero-order valence-electron chi connectivity index (χ0n) is 15.1. The Hall–Kier alpha value is -1.43. The van der Waals surface area contributed by atoms with E-state index < -0.39 is 0 Å². The summed E-state index contributed by atoms with van der Waals surface area (Å²) < 4.78 is 10.3. The quantitative estimate of drug-likeness (QED) is 0.793. The first kappa shape index (κ1) is 18.9. The summed E-state index contributed by atoms with van der Waals surface area (Å²) in [4.78, 5) is 15.0. The Morgan fingerprint density at radius 1 is 1.38 bits per heavy atom. The highest BCUT2D eigenvalue weighted by Crippen LogP contribution is 2.20. The van der Waals surface area contributed by atoms with Crippen LogP contribution >= 0.6 is 0 Å². The van der Waals surface area contributed by atoms with Crippen molar-refractivity contribution in [2.24, 2.45) is 5.92 Å². The number of nitrogens with zero attached hydrogens (tertiary/aromatic N) is 1. The van der Waals surface area contributed by atoms with E-state index in [1.54, 1.807) is 14.2 Å². The number of benzene rings is 1. The van der Waals surface area contributed by atoms with Gasteiger partial charge in [0.1, 0.15) is 0 Å². The molecule has 24 heavy (non-hydrogen) atoms. The minimum absolute atomic E-state index is 0.00512. The Morgan fingerprint density at radius 2 is 2.21 bits per heavy atom. The first-order chi connectivity index (χ1) is 11.6. The third-order valence-corrected chi connectivity index (χ3v) is 4.72. The lowest BCUT2D eigenvalue weighted by atomic mass is 9.91. The summed E-state index contributed by atoms with van der Waals surface area (Å²) in [7, 11) is 3.40. The molecule has 5 nitrogen and oxygen atoms in total. The Kier molecular flexibility index (Phi) is 7.69. The van der Waals surface area contributed by atoms with Crippen molar-refractivity contribution in [3.8, 4) is 0 Å². The van der Waals surface area contributed by atoms with Crippen LogP contribution in [-0.4, -0.2) is 57.3 Å². The number of likely N-dealkylation sites (tertiary alicyclic amines) is 1. The number of hydrogen-bond donors (Lipinski definition) is 1. The summed E-state index contributed by atoms with van der Waals surface area (Å²) in [5.74, 6) is 0.483. The summed E-state index contributed by atoms with van der Waals surface area (Å²) in [5.41, 5.74) is 1.71. The second-order valence-electron chi connectivity index (χ2n) is 6.59. The van der Waals surface area contributed by atoms with Gasteiger partial charge in [0.05, 0.1) is 13.2 Å². The molecule has 1 aliphatic heterocycles. The minimum Gasteiger partial charge on any atom is -0.383 e. The molecule has 5 heteroatoms. The highest BCUT2D eigenvalue weighted by atomic mass is 16.5. The van der Waals surface area contributed by atoms with E-state index in [4.69, 9.17) is 9.47 Å². The van der Waals surface area contributed by atoms with Crippen molar-refractivity contribution in [3.63, 3.8) is 0 Å². The fourth-order valence-corrected chi connectivity index (χ4v) is 3.30. The number of carbonyl (C=O) groups is 1. The third-order valence-electron chi connectivity index (χ3n) is 4.72. The highest BCUT2D eigenvalue weighted by molar-refractivity contribution is 5.94. The SMILES string of the molecule is COCCN1CCC[C@@H]([C@H](C)NC(=O)c2cccc(COC)c2)C1. The number of ether oxygens (including phenoxy) is 2. The zero-order chi connectivity index (χ0) is 17.4. The third kappa shape index (κ3) is 5.58. The molecule has 1 fully saturated rings. The molecular formula is C19H30N2O3. The predicted molar refractivity (Wildman–Crippen MR) is 95.1 cm³/mol. The van der Waals surface area contributed by atoms with Crippen molar-refractivity contribution in [3.05, 3.63) is 35.4 Å². The van der Waals surface area contributed by atoms with E-state index >= 15 is 0 Å². The molecule has 0 bridgehead atoms. The van der Waals surface area contributed by atoms with Crippen molar-refractivity contribution < 1.29 is 14.3 Å². The fourth-order valence-electron chi connectivity index (χ4n) is 3.30. The molecule has 1 saturated heterocycles. The first-order valence-corrected chi connectivity index (χ1v) is 8.74. The molecule has 1 aromatic rings. The number of rotatable bonds is 8. The van der Waals surface area contributed by atoms with Gasteiger partial charge >= 0.3 is 0 Å². The molecule has 2 rings (SSSR count). The Bertz CT molecular complexity index is 521. The van der Waals surface area contributed by atoms with E-state index in [9.17, 15) is 4.79 Å². The van der Waals surface area contributed by atoms with Gasteiger partial charge in [0.15, 0.2) is 0 Å². The maximum atomic E-state index is 12.5. The maximum Gasteiger partial charge on any atom is 0.251 e. The molecule has 0 radical (unpaired) electrons. The van der Waals surface area contributed by atoms with Gasteiger partial charge in [-0.05, 0) is 49.9 Å². The van der Waals surface area contributed by atoms with E-state index in [0.717, 1.165) is 38.2 Å². The van der Waals surface area contributed by atoms with Crippen molar-refractivity contribution in [1.82, 2.24) is 10.2 Å². The van der Waals surface area contributed by atoms with Gasteiger partial charge in [-0.2, -0.15) is 0 Å². The van der Waals surface area contributed by atoms with Gasteiger partial charge in [-0.25, -0.2) is 0 Å². The first-order valence-electron chi connectivity index (χ1n) is 8.74. The molecule has 1 aliphatic rings. The topological polar surface area (TPSA) is 50.8 Å². The normalized spacial score (nSPS) is 19.9. The second-order valence-corrected chi connectivity index (χ2v) is 6.59. The molecule has 134 valence electrons. The predicted octanol–water partition coefficient (Wildman–Crippen LogP) is 2.31. The Morgan fingerprint density at radius 3 is 2.96 bits per heavy atom. The van der Waals surface area contributed by atoms with Crippen molar-refractivity contribution in [1.29, 1.82) is 0 Å². The van der Waals surface area contributed by atoms with Gasteiger partial charge in [0.25, 0.3) is 5.91 Å². The Labute approximate surface area is 145 Å². The van der Waals surface area contributed by atoms with E-state index in [1.807, 2.05) is 24.3 Å². The van der Waals surface area contributed by atoms with Crippen LogP contribution in [0.3, 0.4) is 0 Å². The average molecular weight is 334 g/mol. The highest BCUT2D eigenvalue weighted by Gasteiger charge is 2.25. The van der Waals surface area contributed by atoms with Gasteiger partial charge in [-0.3, -0.25) is 4.79 Å². The summed E-state index contributed by atoms with van der Waals surface area (Å²) in [6.07, 6.45) is 2.34. The monoisotopic (exact) mass is 334 g/mol. The molecule has 2 atom stereocenters. The zero-order valence-corrected chi connectivity index (χ0v) is 15.1. The molecular weight excluding hydrogens is 304 g/mol. The number of nitrogens with one attached hydrogen (secondary N) is 1. The lowest BCUT2D eigenvalue weighted by Gasteiger charge is -2.35. The minimum atomic E-state index is -0.00512. The van der Waals surface area contributed by atoms with Crippen LogP contribution in [-0.2, 0) is 16.1 Å². The van der Waals surface area contributed by atoms with Crippen LogP contribution in [0.5, 0.6) is 0 Å². The van der Waals surface area contributed by atoms with Crippen LogP contribution in [0, 0.1) is 5.92 Å². The van der Waals surface area contributed by atoms with Crippen molar-refractivity contribution in [2.45, 2.75) is 32.4 Å². The smallest absolute Gasteiger partial charge is 0.251 e. The van der Waals surface area contributed by atoms with Gasteiger partial charge < -0.3 is 19.7 Å². The maximum absolute atomic E-state index is 12.5. The summed E-state index contributed by atoms with van der Waals surface area (Å²) in [6, 6.07) is 7.79. The number of carbonyl (C=O) groups excluding carboxylic acids is 1. The van der Waals surface area contributed by atoms with Gasteiger partial charge in [-0.15, -0.1) is 0 Å². The molecule has 0 aliphatic carbocycles. The summed E-state index contributed by atoms with van der Waals surface area (Å²) >= 11 is 0. The van der Waals surface area contributed by atoms with Crippen molar-refractivity contribution >= 4 is 5.91 Å². The van der Waals surface area contributed by atoms with Crippen LogP contribution in [0.25, 0.3) is 0 Å². The fraction of sp³-hybridized carbons (Fsp3) is 0.632. The number of hydrogen-bond acceptors (Lipinski definition) is 4. The molecule has 1 aromatic carbocycles. The van der Waals surface area contributed by atoms with Crippen LogP contribution < -0.4 is 5.32 Å². The molecule has 1 heterocycles. The number of amides is 1. The van der Waals surface area contributed by atoms with E-state index in [0.29, 0.717) is 18.1 Å². The lowest BCUT2D eigenvalue weighted by Crippen LogP contribution is -2.46. The summed E-state index contributed by atoms with van der Waals surface area (Å²) in [6.45, 7) is 6.51. The number of piperidine rings is 1. The second kappa shape index (κ2) is 9.77. The summed E-state index contributed by atoms with van der Waals surface area (Å²) in [5, 5.41) is 3.17. The molecule has 1 amide bonds. The molecule has 0 saturated carbocycles. The van der Waals surface area contributed by atoms with Gasteiger partial charge in [0, 0.05) is 38.9 Å². The van der Waals surface area contributed by atoms with E-state index in [1.165, 1.54) is 6.42 Å². The largest absolute Gasteiger partial charge is 0.383 e. The standard InChI is InChI=1S/C19H30N2O3/c1-15(18-8-5-9-21(13-18)10-11-23-2)20-19(22)17-7-4-6-16(12-17)14-24-3/h4,6-7,12,15,18H,5,8-11,13-14H2,1-3H3,(H,20,22)/t15-,18+/m0/s1. The van der Waals surface area contributed by atoms with E-state index in [2.05, 4.69) is 17.1 Å². The molecule has 0 unspecified atom stereocenters. The molecule has 0 aromatic heterocycles. The molecule has 1 N–H and O–H groups in total. The van der Waals surface area contributed by atoms with Crippen LogP contribution in [0.4, 0.5) is 0 Å². The van der Waals surface area contributed by atoms with Crippen LogP contribution in [0.2, 0.25) is 0 Å². The average Bonchev–Trinajstić information content (AvgIpc) is 2.60. The lowest BCUT2D eigenvalue weighted by molar-refractivity contribution is 0.0854. The molecule has 0 spiro atoms. The number of methoxy groups -OCH3 is 2. The van der Waals surface area contributed by atoms with Crippen LogP contribution in [0.15, 0.2) is 24.3 Å². The van der Waals surface area contributed by atoms with E-state index in [-0.39, 0.29) is 11.9 Å². The van der Waals surface area contributed by atoms with Crippen LogP contribution in [0.1, 0.15) is 35.7 Å². The van der Waals surface area contributed by atoms with Gasteiger partial charge in [-0.1, -0.05) is 12.1 Å².